The predicted octanol–water partition coefficient (Wildman–Crippen LogP) is 4.19. The van der Waals surface area contributed by atoms with Crippen LogP contribution in [0.5, 0.6) is 0 Å². The van der Waals surface area contributed by atoms with Crippen LogP contribution >= 0.6 is 23.1 Å². The largest absolute Gasteiger partial charge is 0.464 e. The summed E-state index contributed by atoms with van der Waals surface area (Å²) < 4.78 is 6.43. The molecule has 0 fully saturated rings. The Morgan fingerprint density at radius 1 is 1.30 bits per heavy atom. The van der Waals surface area contributed by atoms with Gasteiger partial charge in [-0.3, -0.25) is 4.79 Å². The van der Waals surface area contributed by atoms with Crippen molar-refractivity contribution in [2.75, 3.05) is 11.1 Å². The molecule has 0 radical (unpaired) electrons. The number of nitrogens with zero attached hydrogens (tertiary/aromatic N) is 2. The van der Waals surface area contributed by atoms with E-state index in [-0.39, 0.29) is 12.3 Å². The lowest BCUT2D eigenvalue weighted by Crippen LogP contribution is -2.14. The van der Waals surface area contributed by atoms with E-state index in [4.69, 9.17) is 4.42 Å². The van der Waals surface area contributed by atoms with Crippen LogP contribution in [-0.2, 0) is 11.2 Å². The fourth-order valence-corrected chi connectivity index (χ4v) is 3.92. The molecule has 0 atom stereocenters. The Bertz CT molecular complexity index is 854. The first-order valence-electron chi connectivity index (χ1n) is 7.30. The number of fused-ring (bicyclic) bond motifs is 1. The van der Waals surface area contributed by atoms with E-state index in [9.17, 15) is 4.79 Å². The summed E-state index contributed by atoms with van der Waals surface area (Å²) in [6, 6.07) is 4.07. The second-order valence-electron chi connectivity index (χ2n) is 5.22. The first kappa shape index (κ1) is 16.0. The second-order valence-corrected chi connectivity index (χ2v) is 7.71. The number of nitrogens with one attached hydrogen (secondary N) is 1. The van der Waals surface area contributed by atoms with Gasteiger partial charge in [0.1, 0.15) is 5.58 Å². The molecular weight excluding hydrogens is 330 g/mol. The number of rotatable bonds is 5. The van der Waals surface area contributed by atoms with E-state index < -0.39 is 0 Å². The highest BCUT2D eigenvalue weighted by Gasteiger charge is 2.13. The van der Waals surface area contributed by atoms with Crippen molar-refractivity contribution < 1.29 is 9.21 Å². The summed E-state index contributed by atoms with van der Waals surface area (Å²) in [4.78, 5) is 12.2. The molecule has 0 aliphatic rings. The number of aromatic nitrogens is 2. The summed E-state index contributed by atoms with van der Waals surface area (Å²) in [5, 5.41) is 12.3. The van der Waals surface area contributed by atoms with Gasteiger partial charge in [-0.1, -0.05) is 30.0 Å². The topological polar surface area (TPSA) is 68.0 Å². The Morgan fingerprint density at radius 3 is 2.87 bits per heavy atom. The fourth-order valence-electron chi connectivity index (χ4n) is 2.25. The molecule has 3 rings (SSSR count). The van der Waals surface area contributed by atoms with Crippen LogP contribution in [-0.4, -0.2) is 21.9 Å². The molecule has 1 N–H and O–H groups in total. The van der Waals surface area contributed by atoms with Crippen molar-refractivity contribution in [3.63, 3.8) is 0 Å². The molecule has 7 heteroatoms. The highest BCUT2D eigenvalue weighted by molar-refractivity contribution is 8.01. The maximum Gasteiger partial charge on any atom is 0.230 e. The number of carbonyl (C=O) groups is 1. The summed E-state index contributed by atoms with van der Waals surface area (Å²) in [5.41, 5.74) is 4.06. The van der Waals surface area contributed by atoms with E-state index in [0.29, 0.717) is 5.13 Å². The minimum Gasteiger partial charge on any atom is -0.464 e. The van der Waals surface area contributed by atoms with Gasteiger partial charge in [-0.05, 0) is 42.9 Å². The molecular formula is C16H17N3O2S2. The molecule has 23 heavy (non-hydrogen) atoms. The third kappa shape index (κ3) is 3.56. The number of furan rings is 1. The van der Waals surface area contributed by atoms with E-state index >= 15 is 0 Å². The highest BCUT2D eigenvalue weighted by Crippen LogP contribution is 2.27. The summed E-state index contributed by atoms with van der Waals surface area (Å²) in [7, 11) is 0. The van der Waals surface area contributed by atoms with Gasteiger partial charge in [0, 0.05) is 10.9 Å². The van der Waals surface area contributed by atoms with Crippen LogP contribution < -0.4 is 5.32 Å². The number of thioether (sulfide) groups is 1. The normalized spacial score (nSPS) is 11.1. The average Bonchev–Trinajstić information content (AvgIpc) is 3.08. The molecule has 0 aliphatic carbocycles. The maximum absolute atomic E-state index is 12.2. The number of carbonyl (C=O) groups excluding carboxylic acids is 1. The molecule has 0 aliphatic heterocycles. The first-order valence-corrected chi connectivity index (χ1v) is 9.10. The molecule has 2 aromatic heterocycles. The zero-order valence-electron chi connectivity index (χ0n) is 13.2. The highest BCUT2D eigenvalue weighted by atomic mass is 32.2. The summed E-state index contributed by atoms with van der Waals surface area (Å²) >= 11 is 3.00. The van der Waals surface area contributed by atoms with Gasteiger partial charge in [0.05, 0.1) is 12.7 Å². The number of amides is 1. The quantitative estimate of drug-likeness (QED) is 0.553. The van der Waals surface area contributed by atoms with Gasteiger partial charge >= 0.3 is 0 Å². The number of hydrogen-bond donors (Lipinski definition) is 1. The molecule has 0 spiro atoms. The molecule has 0 bridgehead atoms. The number of anilines is 1. The van der Waals surface area contributed by atoms with Crippen molar-refractivity contribution in [1.82, 2.24) is 10.2 Å². The molecule has 120 valence electrons. The average molecular weight is 347 g/mol. The van der Waals surface area contributed by atoms with Crippen molar-refractivity contribution in [3.8, 4) is 0 Å². The second kappa shape index (κ2) is 6.72. The van der Waals surface area contributed by atoms with Crippen LogP contribution in [0.3, 0.4) is 0 Å². The third-order valence-electron chi connectivity index (χ3n) is 3.54. The zero-order chi connectivity index (χ0) is 16.4. The van der Waals surface area contributed by atoms with E-state index in [0.717, 1.165) is 26.6 Å². The Hall–Kier alpha value is -1.86. The van der Waals surface area contributed by atoms with E-state index in [1.54, 1.807) is 18.0 Å². The lowest BCUT2D eigenvalue weighted by Gasteiger charge is -2.02. The Morgan fingerprint density at radius 2 is 2.09 bits per heavy atom. The maximum atomic E-state index is 12.2. The van der Waals surface area contributed by atoms with Gasteiger partial charge in [0.2, 0.25) is 11.0 Å². The van der Waals surface area contributed by atoms with Gasteiger partial charge in [0.25, 0.3) is 0 Å². The van der Waals surface area contributed by atoms with Crippen molar-refractivity contribution >= 4 is 45.1 Å². The van der Waals surface area contributed by atoms with Crippen LogP contribution in [0.25, 0.3) is 11.0 Å². The van der Waals surface area contributed by atoms with Crippen LogP contribution in [0.2, 0.25) is 0 Å². The van der Waals surface area contributed by atoms with E-state index in [1.165, 1.54) is 22.5 Å². The molecule has 0 saturated heterocycles. The Labute approximate surface area is 142 Å². The van der Waals surface area contributed by atoms with Gasteiger partial charge < -0.3 is 9.73 Å². The Balaban J connectivity index is 1.73. The van der Waals surface area contributed by atoms with Crippen molar-refractivity contribution in [2.24, 2.45) is 0 Å². The van der Waals surface area contributed by atoms with Crippen LogP contribution in [0, 0.1) is 13.8 Å². The fraction of sp³-hybridized carbons (Fsp3) is 0.312. The number of hydrogen-bond acceptors (Lipinski definition) is 6. The van der Waals surface area contributed by atoms with Crippen molar-refractivity contribution in [3.05, 3.63) is 35.1 Å². The predicted molar refractivity (Wildman–Crippen MR) is 94.3 cm³/mol. The molecule has 1 amide bonds. The summed E-state index contributed by atoms with van der Waals surface area (Å²) in [5.74, 6) is 0.817. The summed E-state index contributed by atoms with van der Waals surface area (Å²) in [6.45, 7) is 6.16. The SMILES string of the molecule is CCSc1nnc(NC(=O)Cc2coc3cc(C)c(C)cc23)s1. The van der Waals surface area contributed by atoms with Crippen molar-refractivity contribution in [2.45, 2.75) is 31.5 Å². The third-order valence-corrected chi connectivity index (χ3v) is 5.40. The molecule has 0 saturated carbocycles. The minimum atomic E-state index is -0.116. The van der Waals surface area contributed by atoms with Gasteiger partial charge in [-0.15, -0.1) is 10.2 Å². The molecule has 3 aromatic rings. The summed E-state index contributed by atoms with van der Waals surface area (Å²) in [6.07, 6.45) is 1.91. The van der Waals surface area contributed by atoms with Crippen molar-refractivity contribution in [1.29, 1.82) is 0 Å². The van der Waals surface area contributed by atoms with Gasteiger partial charge in [-0.25, -0.2) is 0 Å². The van der Waals surface area contributed by atoms with Crippen LogP contribution in [0.1, 0.15) is 23.6 Å². The standard InChI is InChI=1S/C16H17N3O2S2/c1-4-22-16-19-18-15(23-16)17-14(20)7-11-8-21-13-6-10(3)9(2)5-12(11)13/h5-6,8H,4,7H2,1-3H3,(H,17,18,20). The van der Waals surface area contributed by atoms with Crippen LogP contribution in [0.4, 0.5) is 5.13 Å². The molecule has 2 heterocycles. The molecule has 0 unspecified atom stereocenters. The van der Waals surface area contributed by atoms with Gasteiger partial charge in [0.15, 0.2) is 4.34 Å². The number of aryl methyl sites for hydroxylation is 2. The van der Waals surface area contributed by atoms with E-state index in [2.05, 4.69) is 35.4 Å². The van der Waals surface area contributed by atoms with E-state index in [1.807, 2.05) is 13.0 Å². The Kier molecular flexibility index (Phi) is 4.68. The minimum absolute atomic E-state index is 0.116. The monoisotopic (exact) mass is 347 g/mol. The smallest absolute Gasteiger partial charge is 0.230 e. The zero-order valence-corrected chi connectivity index (χ0v) is 14.8. The molecule has 5 nitrogen and oxygen atoms in total. The lowest BCUT2D eigenvalue weighted by molar-refractivity contribution is -0.115. The number of benzene rings is 1. The molecule has 1 aromatic carbocycles. The van der Waals surface area contributed by atoms with Crippen LogP contribution in [0.15, 0.2) is 27.2 Å². The lowest BCUT2D eigenvalue weighted by atomic mass is 10.0. The van der Waals surface area contributed by atoms with Gasteiger partial charge in [-0.2, -0.15) is 0 Å². The first-order chi connectivity index (χ1) is 11.1.